The molecule has 0 bridgehead atoms. The normalized spacial score (nSPS) is 19.6. The molecule has 1 aromatic carbocycles. The summed E-state index contributed by atoms with van der Waals surface area (Å²) in [7, 11) is -2.93. The van der Waals surface area contributed by atoms with Crippen molar-refractivity contribution in [1.82, 2.24) is 9.97 Å². The number of nitrogens with zero attached hydrogens (tertiary/aromatic N) is 2. The summed E-state index contributed by atoms with van der Waals surface area (Å²) >= 11 is 7.53. The number of hydrogen-bond donors (Lipinski definition) is 1. The van der Waals surface area contributed by atoms with E-state index in [2.05, 4.69) is 15.3 Å². The lowest BCUT2D eigenvalue weighted by Crippen LogP contribution is -2.21. The lowest BCUT2D eigenvalue weighted by Gasteiger charge is -2.11. The Labute approximate surface area is 148 Å². The predicted octanol–water partition coefficient (Wildman–Crippen LogP) is 3.61. The third kappa shape index (κ3) is 3.11. The first-order valence-corrected chi connectivity index (χ1v) is 10.5. The van der Waals surface area contributed by atoms with Crippen LogP contribution in [0.1, 0.15) is 6.42 Å². The van der Waals surface area contributed by atoms with Gasteiger partial charge in [-0.05, 0) is 30.2 Å². The monoisotopic (exact) mass is 379 g/mol. The quantitative estimate of drug-likeness (QED) is 0.752. The van der Waals surface area contributed by atoms with Crippen LogP contribution < -0.4 is 5.32 Å². The van der Waals surface area contributed by atoms with Crippen LogP contribution >= 0.6 is 22.9 Å². The predicted molar refractivity (Wildman–Crippen MR) is 98.5 cm³/mol. The minimum Gasteiger partial charge on any atom is -0.365 e. The third-order valence-electron chi connectivity index (χ3n) is 4.01. The van der Waals surface area contributed by atoms with E-state index in [1.807, 2.05) is 30.3 Å². The summed E-state index contributed by atoms with van der Waals surface area (Å²) in [6.07, 6.45) is 2.12. The zero-order valence-corrected chi connectivity index (χ0v) is 15.0. The highest BCUT2D eigenvalue weighted by atomic mass is 35.5. The number of nitrogens with one attached hydrogen (secondary N) is 1. The van der Waals surface area contributed by atoms with E-state index in [4.69, 9.17) is 11.6 Å². The van der Waals surface area contributed by atoms with E-state index in [1.165, 1.54) is 6.33 Å². The lowest BCUT2D eigenvalue weighted by molar-refractivity contribution is 0.602. The van der Waals surface area contributed by atoms with Crippen molar-refractivity contribution < 1.29 is 8.42 Å². The fraction of sp³-hybridized carbons (Fsp3) is 0.250. The maximum absolute atomic E-state index is 11.6. The largest absolute Gasteiger partial charge is 0.365 e. The van der Waals surface area contributed by atoms with E-state index in [1.54, 1.807) is 11.3 Å². The summed E-state index contributed by atoms with van der Waals surface area (Å²) in [5.74, 6) is 1.10. The molecule has 1 aliphatic rings. The molecule has 2 aromatic heterocycles. The molecule has 1 saturated heterocycles. The van der Waals surface area contributed by atoms with E-state index in [9.17, 15) is 8.42 Å². The summed E-state index contributed by atoms with van der Waals surface area (Å²) in [6.45, 7) is 0. The van der Waals surface area contributed by atoms with Gasteiger partial charge in [0.05, 0.1) is 21.7 Å². The van der Waals surface area contributed by atoms with Crippen LogP contribution in [0.5, 0.6) is 0 Å². The number of aromatic nitrogens is 2. The van der Waals surface area contributed by atoms with E-state index in [0.29, 0.717) is 17.3 Å². The van der Waals surface area contributed by atoms with E-state index in [0.717, 1.165) is 20.7 Å². The van der Waals surface area contributed by atoms with Crippen molar-refractivity contribution in [3.8, 4) is 10.4 Å². The Balaban J connectivity index is 1.68. The number of rotatable bonds is 3. The number of hydrogen-bond acceptors (Lipinski definition) is 6. The molecule has 3 heterocycles. The molecule has 0 saturated carbocycles. The second kappa shape index (κ2) is 5.98. The van der Waals surface area contributed by atoms with Crippen LogP contribution in [0.25, 0.3) is 20.7 Å². The second-order valence-corrected chi connectivity index (χ2v) is 9.52. The van der Waals surface area contributed by atoms with Crippen molar-refractivity contribution in [3.05, 3.63) is 41.7 Å². The van der Waals surface area contributed by atoms with Crippen LogP contribution in [0.2, 0.25) is 5.02 Å². The SMILES string of the molecule is O=S1(=O)CC[C@@H](Nc2ncnc3cc(-c4ccc(Cl)cc4)sc23)C1. The standard InChI is InChI=1S/C16H14ClN3O2S2/c17-11-3-1-10(2-4-11)14-7-13-15(23-14)16(19-9-18-13)20-12-5-6-24(21,22)8-12/h1-4,7,9,12H,5-6,8H2,(H,18,19,20)/t12-/m1/s1. The molecule has 5 nitrogen and oxygen atoms in total. The van der Waals surface area contributed by atoms with Crippen LogP contribution in [0, 0.1) is 0 Å². The summed E-state index contributed by atoms with van der Waals surface area (Å²) in [6, 6.07) is 9.58. The topological polar surface area (TPSA) is 72.0 Å². The molecule has 3 aromatic rings. The van der Waals surface area contributed by atoms with Gasteiger partial charge < -0.3 is 5.32 Å². The molecular formula is C16H14ClN3O2S2. The average molecular weight is 380 g/mol. The van der Waals surface area contributed by atoms with E-state index < -0.39 is 9.84 Å². The summed E-state index contributed by atoms with van der Waals surface area (Å²) in [5, 5.41) is 3.97. The maximum atomic E-state index is 11.6. The maximum Gasteiger partial charge on any atom is 0.152 e. The highest BCUT2D eigenvalue weighted by Gasteiger charge is 2.28. The van der Waals surface area contributed by atoms with Crippen LogP contribution in [0.3, 0.4) is 0 Å². The van der Waals surface area contributed by atoms with Crippen LogP contribution in [0.15, 0.2) is 36.7 Å². The van der Waals surface area contributed by atoms with Gasteiger partial charge in [0.15, 0.2) is 9.84 Å². The number of benzene rings is 1. The lowest BCUT2D eigenvalue weighted by atomic mass is 10.2. The van der Waals surface area contributed by atoms with Gasteiger partial charge in [0.1, 0.15) is 12.1 Å². The molecule has 124 valence electrons. The number of fused-ring (bicyclic) bond motifs is 1. The molecule has 4 rings (SSSR count). The van der Waals surface area contributed by atoms with Gasteiger partial charge in [-0.2, -0.15) is 0 Å². The minimum absolute atomic E-state index is 0.0887. The summed E-state index contributed by atoms with van der Waals surface area (Å²) in [5.41, 5.74) is 1.92. The molecule has 0 spiro atoms. The van der Waals surface area contributed by atoms with Crippen molar-refractivity contribution in [2.45, 2.75) is 12.5 Å². The molecule has 0 aliphatic carbocycles. The van der Waals surface area contributed by atoms with Crippen molar-refractivity contribution in [2.24, 2.45) is 0 Å². The fourth-order valence-electron chi connectivity index (χ4n) is 2.82. The average Bonchev–Trinajstić information content (AvgIpc) is 3.12. The molecule has 8 heteroatoms. The third-order valence-corrected chi connectivity index (χ3v) is 7.21. The first kappa shape index (κ1) is 15.8. The molecule has 1 aliphatic heterocycles. The Morgan fingerprint density at radius 3 is 2.71 bits per heavy atom. The number of sulfone groups is 1. The number of thiophene rings is 1. The smallest absolute Gasteiger partial charge is 0.152 e. The molecule has 1 atom stereocenters. The highest BCUT2D eigenvalue weighted by Crippen LogP contribution is 2.36. The zero-order valence-electron chi connectivity index (χ0n) is 12.6. The fourth-order valence-corrected chi connectivity index (χ4v) is 5.68. The van der Waals surface area contributed by atoms with Gasteiger partial charge in [-0.3, -0.25) is 0 Å². The Hall–Kier alpha value is -1.70. The number of halogens is 1. The van der Waals surface area contributed by atoms with Crippen molar-refractivity contribution in [1.29, 1.82) is 0 Å². The molecule has 1 fully saturated rings. The summed E-state index contributed by atoms with van der Waals surface area (Å²) < 4.78 is 24.2. The Bertz CT molecular complexity index is 1000. The highest BCUT2D eigenvalue weighted by molar-refractivity contribution is 7.91. The van der Waals surface area contributed by atoms with Crippen LogP contribution in [-0.2, 0) is 9.84 Å². The molecule has 24 heavy (non-hydrogen) atoms. The molecule has 1 N–H and O–H groups in total. The number of anilines is 1. The van der Waals surface area contributed by atoms with E-state index in [-0.39, 0.29) is 17.5 Å². The van der Waals surface area contributed by atoms with Gasteiger partial charge in [0, 0.05) is 15.9 Å². The molecule has 0 unspecified atom stereocenters. The van der Waals surface area contributed by atoms with Crippen LogP contribution in [0.4, 0.5) is 5.82 Å². The van der Waals surface area contributed by atoms with Gasteiger partial charge in [-0.1, -0.05) is 23.7 Å². The van der Waals surface area contributed by atoms with Crippen molar-refractivity contribution in [3.63, 3.8) is 0 Å². The summed E-state index contributed by atoms with van der Waals surface area (Å²) in [4.78, 5) is 9.71. The first-order chi connectivity index (χ1) is 11.5. The zero-order chi connectivity index (χ0) is 16.7. The van der Waals surface area contributed by atoms with Gasteiger partial charge in [0.2, 0.25) is 0 Å². The van der Waals surface area contributed by atoms with Gasteiger partial charge >= 0.3 is 0 Å². The first-order valence-electron chi connectivity index (χ1n) is 7.48. The van der Waals surface area contributed by atoms with Gasteiger partial charge in [-0.25, -0.2) is 18.4 Å². The van der Waals surface area contributed by atoms with Gasteiger partial charge in [0.25, 0.3) is 0 Å². The van der Waals surface area contributed by atoms with Crippen molar-refractivity contribution >= 4 is 48.8 Å². The van der Waals surface area contributed by atoms with Crippen LogP contribution in [-0.4, -0.2) is 35.9 Å². The molecule has 0 radical (unpaired) electrons. The molecule has 0 amide bonds. The minimum atomic E-state index is -2.93. The van der Waals surface area contributed by atoms with E-state index >= 15 is 0 Å². The molecular weight excluding hydrogens is 366 g/mol. The Kier molecular flexibility index (Phi) is 3.94. The Morgan fingerprint density at radius 1 is 1.21 bits per heavy atom. The second-order valence-electron chi connectivity index (χ2n) is 5.80. The van der Waals surface area contributed by atoms with Gasteiger partial charge in [-0.15, -0.1) is 11.3 Å². The Morgan fingerprint density at radius 2 is 2.00 bits per heavy atom. The van der Waals surface area contributed by atoms with Crippen molar-refractivity contribution in [2.75, 3.05) is 16.8 Å².